The van der Waals surface area contributed by atoms with Crippen LogP contribution < -0.4 is 0 Å². The molecule has 0 amide bonds. The van der Waals surface area contributed by atoms with E-state index in [4.69, 9.17) is 15.0 Å². The quantitative estimate of drug-likeness (QED) is 0.397. The van der Waals surface area contributed by atoms with Crippen LogP contribution in [0.5, 0.6) is 0 Å². The summed E-state index contributed by atoms with van der Waals surface area (Å²) in [5, 5.41) is 15.3. The second-order valence-electron chi connectivity index (χ2n) is 11.3. The fraction of sp³-hybridized carbons (Fsp3) is 1.00. The SMILES string of the molecule is C[C@H]1CC2(C[C@@H]3CC[C@@H]4[C@H](CC[C@@]5(C)[C@H]4CC[C@@]5(O)CN=[N+]=[N-])[C@]31C)OCCO2. The third kappa shape index (κ3) is 2.62. The van der Waals surface area contributed by atoms with Crippen LogP contribution >= 0.6 is 0 Å². The summed E-state index contributed by atoms with van der Waals surface area (Å²) in [5.41, 5.74) is 8.19. The van der Waals surface area contributed by atoms with Gasteiger partial charge < -0.3 is 14.6 Å². The molecule has 5 fully saturated rings. The van der Waals surface area contributed by atoms with Gasteiger partial charge in [-0.3, -0.25) is 0 Å². The summed E-state index contributed by atoms with van der Waals surface area (Å²) in [6, 6.07) is 0. The normalized spacial score (nSPS) is 53.0. The molecule has 0 aromatic carbocycles. The molecule has 1 N–H and O–H groups in total. The van der Waals surface area contributed by atoms with Crippen LogP contribution in [0, 0.1) is 40.4 Å². The molecule has 6 heteroatoms. The van der Waals surface area contributed by atoms with Gasteiger partial charge in [-0.1, -0.05) is 25.9 Å². The lowest BCUT2D eigenvalue weighted by Crippen LogP contribution is -2.60. The summed E-state index contributed by atoms with van der Waals surface area (Å²) in [4.78, 5) is 2.95. The van der Waals surface area contributed by atoms with Crippen molar-refractivity contribution >= 4 is 0 Å². The topological polar surface area (TPSA) is 87.5 Å². The van der Waals surface area contributed by atoms with Gasteiger partial charge in [0.1, 0.15) is 0 Å². The molecular weight excluding hydrogens is 366 g/mol. The van der Waals surface area contributed by atoms with Crippen LogP contribution in [0.4, 0.5) is 0 Å². The summed E-state index contributed by atoms with van der Waals surface area (Å²) in [6.07, 6.45) is 8.65. The van der Waals surface area contributed by atoms with Crippen LogP contribution in [-0.4, -0.2) is 36.3 Å². The van der Waals surface area contributed by atoms with Crippen molar-refractivity contribution in [2.75, 3.05) is 19.8 Å². The molecular formula is C23H37N3O3. The summed E-state index contributed by atoms with van der Waals surface area (Å²) in [6.45, 7) is 8.98. The minimum Gasteiger partial charge on any atom is -0.389 e. The Labute approximate surface area is 174 Å². The number of nitrogens with zero attached hydrogens (tertiary/aromatic N) is 3. The van der Waals surface area contributed by atoms with Crippen LogP contribution in [-0.2, 0) is 9.47 Å². The molecule has 5 rings (SSSR count). The summed E-state index contributed by atoms with van der Waals surface area (Å²) in [7, 11) is 0. The number of aliphatic hydroxyl groups is 1. The minimum absolute atomic E-state index is 0.123. The Bertz CT molecular complexity index is 718. The van der Waals surface area contributed by atoms with Crippen LogP contribution in [0.2, 0.25) is 0 Å². The van der Waals surface area contributed by atoms with E-state index < -0.39 is 5.60 Å². The second kappa shape index (κ2) is 6.59. The van der Waals surface area contributed by atoms with Gasteiger partial charge in [-0.05, 0) is 84.5 Å². The fourth-order valence-corrected chi connectivity index (χ4v) is 8.96. The van der Waals surface area contributed by atoms with Crippen molar-refractivity contribution < 1.29 is 14.6 Å². The standard InChI is InChI=1S/C23H37N3O3/c1-15-12-23(28-10-11-29-23)13-16-4-5-17-18-7-9-22(27,14-25-26-24)20(18,2)8-6-19(17)21(15,16)3/h15-19,27H,4-14H2,1-3H3/t15-,16-,17-,18-,19-,20-,21-,22+/m0/s1. The van der Waals surface area contributed by atoms with Crippen molar-refractivity contribution in [3.8, 4) is 0 Å². The minimum atomic E-state index is -0.833. The molecule has 6 nitrogen and oxygen atoms in total. The van der Waals surface area contributed by atoms with Crippen LogP contribution in [0.3, 0.4) is 0 Å². The van der Waals surface area contributed by atoms with E-state index in [1.165, 1.54) is 19.3 Å². The maximum Gasteiger partial charge on any atom is 0.169 e. The van der Waals surface area contributed by atoms with Gasteiger partial charge in [0.2, 0.25) is 0 Å². The maximum atomic E-state index is 11.5. The molecule has 0 aromatic heterocycles. The highest BCUT2D eigenvalue weighted by Gasteiger charge is 2.66. The fourth-order valence-electron chi connectivity index (χ4n) is 8.96. The lowest BCUT2D eigenvalue weighted by Gasteiger charge is -2.64. The molecule has 4 aliphatic carbocycles. The van der Waals surface area contributed by atoms with E-state index in [1.54, 1.807) is 0 Å². The number of fused-ring (bicyclic) bond motifs is 5. The predicted octanol–water partition coefficient (Wildman–Crippen LogP) is 5.06. The summed E-state index contributed by atoms with van der Waals surface area (Å²) >= 11 is 0. The van der Waals surface area contributed by atoms with Crippen LogP contribution in [0.15, 0.2) is 5.11 Å². The van der Waals surface area contributed by atoms with Gasteiger partial charge in [0, 0.05) is 17.8 Å². The third-order valence-corrected chi connectivity index (χ3v) is 10.7. The average Bonchev–Trinajstić information content (AvgIpc) is 3.24. The Hall–Kier alpha value is -0.810. The predicted molar refractivity (Wildman–Crippen MR) is 110 cm³/mol. The van der Waals surface area contributed by atoms with E-state index in [2.05, 4.69) is 30.8 Å². The largest absolute Gasteiger partial charge is 0.389 e. The molecule has 0 bridgehead atoms. The van der Waals surface area contributed by atoms with Gasteiger partial charge >= 0.3 is 0 Å². The van der Waals surface area contributed by atoms with E-state index in [0.29, 0.717) is 29.1 Å². The monoisotopic (exact) mass is 403 g/mol. The molecule has 1 heterocycles. The van der Waals surface area contributed by atoms with Crippen molar-refractivity contribution in [1.82, 2.24) is 0 Å². The Morgan fingerprint density at radius 2 is 1.76 bits per heavy atom. The number of rotatable bonds is 2. The van der Waals surface area contributed by atoms with Crippen molar-refractivity contribution in [3.05, 3.63) is 10.4 Å². The molecule has 1 aliphatic heterocycles. The van der Waals surface area contributed by atoms with Crippen LogP contribution in [0.1, 0.15) is 72.1 Å². The highest BCUT2D eigenvalue weighted by molar-refractivity contribution is 5.15. The molecule has 162 valence electrons. The van der Waals surface area contributed by atoms with Crippen molar-refractivity contribution in [3.63, 3.8) is 0 Å². The first-order valence-electron chi connectivity index (χ1n) is 11.8. The Morgan fingerprint density at radius 3 is 2.48 bits per heavy atom. The molecule has 1 saturated heterocycles. The highest BCUT2D eigenvalue weighted by atomic mass is 16.7. The van der Waals surface area contributed by atoms with E-state index in [1.807, 2.05) is 0 Å². The first kappa shape index (κ1) is 20.1. The molecule has 1 spiro atoms. The number of hydrogen-bond donors (Lipinski definition) is 1. The van der Waals surface area contributed by atoms with Crippen LogP contribution in [0.25, 0.3) is 10.4 Å². The lowest BCUT2D eigenvalue weighted by molar-refractivity contribution is -0.250. The molecule has 5 aliphatic rings. The first-order valence-corrected chi connectivity index (χ1v) is 11.8. The highest BCUT2D eigenvalue weighted by Crippen LogP contribution is 2.70. The molecule has 0 unspecified atom stereocenters. The summed E-state index contributed by atoms with van der Waals surface area (Å²) in [5.74, 6) is 2.87. The number of azide groups is 1. The third-order valence-electron chi connectivity index (χ3n) is 10.7. The summed E-state index contributed by atoms with van der Waals surface area (Å²) < 4.78 is 12.3. The zero-order valence-corrected chi connectivity index (χ0v) is 18.3. The van der Waals surface area contributed by atoms with E-state index in [0.717, 1.165) is 51.2 Å². The molecule has 0 radical (unpaired) electrons. The number of hydrogen-bond acceptors (Lipinski definition) is 4. The van der Waals surface area contributed by atoms with Crippen molar-refractivity contribution in [1.29, 1.82) is 0 Å². The Balaban J connectivity index is 1.42. The van der Waals surface area contributed by atoms with Gasteiger partial charge in [-0.15, -0.1) is 0 Å². The van der Waals surface area contributed by atoms with Gasteiger partial charge in [-0.25, -0.2) is 0 Å². The smallest absolute Gasteiger partial charge is 0.169 e. The maximum absolute atomic E-state index is 11.5. The zero-order valence-electron chi connectivity index (χ0n) is 18.3. The van der Waals surface area contributed by atoms with E-state index >= 15 is 0 Å². The molecule has 0 aromatic rings. The van der Waals surface area contributed by atoms with Gasteiger partial charge in [-0.2, -0.15) is 0 Å². The first-order chi connectivity index (χ1) is 13.8. The van der Waals surface area contributed by atoms with E-state index in [-0.39, 0.29) is 17.7 Å². The van der Waals surface area contributed by atoms with Crippen molar-refractivity contribution in [2.45, 2.75) is 83.5 Å². The lowest BCUT2D eigenvalue weighted by atomic mass is 9.42. The molecule has 4 saturated carbocycles. The van der Waals surface area contributed by atoms with Gasteiger partial charge in [0.05, 0.1) is 25.4 Å². The van der Waals surface area contributed by atoms with Crippen molar-refractivity contribution in [2.24, 2.45) is 45.5 Å². The molecule has 29 heavy (non-hydrogen) atoms. The van der Waals surface area contributed by atoms with E-state index in [9.17, 15) is 5.11 Å². The average molecular weight is 404 g/mol. The zero-order chi connectivity index (χ0) is 20.5. The Morgan fingerprint density at radius 1 is 1.03 bits per heavy atom. The van der Waals surface area contributed by atoms with Gasteiger partial charge in [0.25, 0.3) is 0 Å². The second-order valence-corrected chi connectivity index (χ2v) is 11.3. The molecule has 8 atom stereocenters. The van der Waals surface area contributed by atoms with Gasteiger partial charge in [0.15, 0.2) is 5.79 Å². The Kier molecular flexibility index (Phi) is 4.57. The number of ether oxygens (including phenoxy) is 2.